The van der Waals surface area contributed by atoms with E-state index in [2.05, 4.69) is 63.1 Å². The van der Waals surface area contributed by atoms with Crippen LogP contribution in [0.15, 0.2) is 47.8 Å². The van der Waals surface area contributed by atoms with Crippen molar-refractivity contribution in [2.24, 2.45) is 5.92 Å². The molecule has 0 aromatic heterocycles. The van der Waals surface area contributed by atoms with Crippen molar-refractivity contribution in [3.05, 3.63) is 53.4 Å². The second-order valence-electron chi connectivity index (χ2n) is 6.88. The molecule has 1 rings (SSSR count). The summed E-state index contributed by atoms with van der Waals surface area (Å²) in [6.07, 6.45) is 3.50. The monoisotopic (exact) mass is 302 g/mol. The molecule has 0 radical (unpaired) electrons. The van der Waals surface area contributed by atoms with E-state index in [1.54, 1.807) is 0 Å². The predicted octanol–water partition coefficient (Wildman–Crippen LogP) is 5.60. The molecule has 116 valence electrons. The molecule has 0 bridgehead atoms. The molecular weight excluding hydrogens is 272 g/mol. The van der Waals surface area contributed by atoms with Crippen molar-refractivity contribution in [2.45, 2.75) is 52.4 Å². The molecule has 0 saturated heterocycles. The highest BCUT2D eigenvalue weighted by molar-refractivity contribution is 6.83. The van der Waals surface area contributed by atoms with Crippen molar-refractivity contribution in [3.8, 4) is 0 Å². The van der Waals surface area contributed by atoms with Gasteiger partial charge < -0.3 is 4.74 Å². The van der Waals surface area contributed by atoms with E-state index >= 15 is 0 Å². The minimum Gasteiger partial charge on any atom is -0.377 e. The van der Waals surface area contributed by atoms with Crippen molar-refractivity contribution in [1.82, 2.24) is 0 Å². The summed E-state index contributed by atoms with van der Waals surface area (Å²) >= 11 is 0. The second kappa shape index (κ2) is 9.04. The zero-order chi connectivity index (χ0) is 15.7. The van der Waals surface area contributed by atoms with Gasteiger partial charge in [0.25, 0.3) is 0 Å². The van der Waals surface area contributed by atoms with Crippen molar-refractivity contribution in [2.75, 3.05) is 6.61 Å². The summed E-state index contributed by atoms with van der Waals surface area (Å²) in [5.41, 5.74) is 4.43. The van der Waals surface area contributed by atoms with Crippen molar-refractivity contribution < 1.29 is 4.74 Å². The van der Waals surface area contributed by atoms with Crippen molar-refractivity contribution in [3.63, 3.8) is 0 Å². The molecule has 0 aliphatic rings. The van der Waals surface area contributed by atoms with E-state index in [0.29, 0.717) is 5.92 Å². The number of benzene rings is 1. The Labute approximate surface area is 131 Å². The summed E-state index contributed by atoms with van der Waals surface area (Å²) in [6, 6.07) is 10.4. The quantitative estimate of drug-likeness (QED) is 0.328. The summed E-state index contributed by atoms with van der Waals surface area (Å²) in [7, 11) is -1.22. The van der Waals surface area contributed by atoms with Crippen molar-refractivity contribution >= 4 is 8.07 Å². The van der Waals surface area contributed by atoms with Gasteiger partial charge in [-0.3, -0.25) is 0 Å². The van der Waals surface area contributed by atoms with Gasteiger partial charge in [0.1, 0.15) is 0 Å². The average Bonchev–Trinajstić information content (AvgIpc) is 2.44. The fourth-order valence-corrected chi connectivity index (χ4v) is 3.74. The van der Waals surface area contributed by atoms with E-state index in [1.807, 2.05) is 6.07 Å². The zero-order valence-electron chi connectivity index (χ0n) is 14.1. The van der Waals surface area contributed by atoms with Crippen molar-refractivity contribution in [1.29, 1.82) is 0 Å². The first kappa shape index (κ1) is 18.0. The number of ether oxygens (including phenoxy) is 1. The zero-order valence-corrected chi connectivity index (χ0v) is 15.1. The summed E-state index contributed by atoms with van der Waals surface area (Å²) in [6.45, 7) is 14.9. The Morgan fingerprint density at radius 1 is 1.19 bits per heavy atom. The molecule has 1 atom stereocenters. The fourth-order valence-electron chi connectivity index (χ4n) is 2.31. The van der Waals surface area contributed by atoms with Crippen LogP contribution >= 0.6 is 0 Å². The number of hydrogen-bond donors (Lipinski definition) is 0. The van der Waals surface area contributed by atoms with E-state index in [9.17, 15) is 0 Å². The second-order valence-corrected chi connectivity index (χ2v) is 12.0. The standard InChI is InChI=1S/C19H30OSi/c1-6-19(21(3,4)5)13-12-17(2)14-15-20-16-18-10-8-7-9-11-18/h7-11,17H,1,12-16H2,2-5H3. The molecule has 0 amide bonds. The smallest absolute Gasteiger partial charge is 0.0823 e. The van der Waals surface area contributed by atoms with Crippen LogP contribution in [-0.4, -0.2) is 14.7 Å². The highest BCUT2D eigenvalue weighted by Crippen LogP contribution is 2.22. The number of rotatable bonds is 9. The van der Waals surface area contributed by atoms with Gasteiger partial charge in [0.2, 0.25) is 0 Å². The van der Waals surface area contributed by atoms with Gasteiger partial charge in [-0.1, -0.05) is 63.5 Å². The lowest BCUT2D eigenvalue weighted by Gasteiger charge is -2.20. The van der Waals surface area contributed by atoms with Gasteiger partial charge in [-0.15, -0.1) is 5.73 Å². The highest BCUT2D eigenvalue weighted by atomic mass is 28.3. The van der Waals surface area contributed by atoms with Gasteiger partial charge in [0.15, 0.2) is 0 Å². The molecule has 0 fully saturated rings. The van der Waals surface area contributed by atoms with Crippen LogP contribution in [0.25, 0.3) is 0 Å². The fraction of sp³-hybridized carbons (Fsp3) is 0.526. The van der Waals surface area contributed by atoms with Crippen LogP contribution in [-0.2, 0) is 11.3 Å². The Morgan fingerprint density at radius 3 is 2.43 bits per heavy atom. The van der Waals surface area contributed by atoms with Crippen LogP contribution in [0.5, 0.6) is 0 Å². The summed E-state index contributed by atoms with van der Waals surface area (Å²) in [5, 5.41) is 1.47. The van der Waals surface area contributed by atoms with Gasteiger partial charge in [-0.25, -0.2) is 0 Å². The Balaban J connectivity index is 2.20. The Hall–Kier alpha value is -1.08. The minimum atomic E-state index is -1.22. The summed E-state index contributed by atoms with van der Waals surface area (Å²) in [4.78, 5) is 0. The highest BCUT2D eigenvalue weighted by Gasteiger charge is 2.19. The molecule has 1 aromatic rings. The third kappa shape index (κ3) is 7.47. The van der Waals surface area contributed by atoms with Crippen LogP contribution in [0.3, 0.4) is 0 Å². The van der Waals surface area contributed by atoms with Crippen LogP contribution in [0.4, 0.5) is 0 Å². The topological polar surface area (TPSA) is 9.23 Å². The van der Waals surface area contributed by atoms with E-state index in [4.69, 9.17) is 4.74 Å². The van der Waals surface area contributed by atoms with Crippen LogP contribution < -0.4 is 0 Å². The lowest BCUT2D eigenvalue weighted by molar-refractivity contribution is 0.108. The lowest BCUT2D eigenvalue weighted by atomic mass is 10.0. The van der Waals surface area contributed by atoms with Gasteiger partial charge in [0, 0.05) is 6.61 Å². The molecule has 0 N–H and O–H groups in total. The molecule has 1 unspecified atom stereocenters. The molecule has 0 aliphatic heterocycles. The van der Waals surface area contributed by atoms with Gasteiger partial charge in [-0.2, -0.15) is 0 Å². The lowest BCUT2D eigenvalue weighted by Crippen LogP contribution is -2.23. The van der Waals surface area contributed by atoms with E-state index < -0.39 is 8.07 Å². The molecule has 0 heterocycles. The summed E-state index contributed by atoms with van der Waals surface area (Å²) in [5.74, 6) is 0.695. The van der Waals surface area contributed by atoms with E-state index in [0.717, 1.165) is 26.1 Å². The van der Waals surface area contributed by atoms with Gasteiger partial charge in [-0.05, 0) is 35.9 Å². The SMILES string of the molecule is C=C=C(CCC(C)CCOCc1ccccc1)[Si](C)(C)C. The molecule has 0 saturated carbocycles. The van der Waals surface area contributed by atoms with E-state index in [-0.39, 0.29) is 0 Å². The third-order valence-corrected chi connectivity index (χ3v) is 6.11. The first-order chi connectivity index (χ1) is 9.93. The maximum Gasteiger partial charge on any atom is 0.0823 e. The average molecular weight is 303 g/mol. The largest absolute Gasteiger partial charge is 0.377 e. The normalized spacial score (nSPS) is 12.8. The molecular formula is C19H30OSi. The summed E-state index contributed by atoms with van der Waals surface area (Å²) < 4.78 is 5.76. The molecule has 1 nitrogen and oxygen atoms in total. The van der Waals surface area contributed by atoms with Crippen LogP contribution in [0, 0.1) is 5.92 Å². The number of hydrogen-bond acceptors (Lipinski definition) is 1. The molecule has 0 aliphatic carbocycles. The maximum absolute atomic E-state index is 5.76. The Morgan fingerprint density at radius 2 is 1.86 bits per heavy atom. The molecule has 21 heavy (non-hydrogen) atoms. The van der Waals surface area contributed by atoms with E-state index in [1.165, 1.54) is 17.2 Å². The maximum atomic E-state index is 5.76. The molecule has 1 aromatic carbocycles. The third-order valence-electron chi connectivity index (χ3n) is 3.87. The van der Waals surface area contributed by atoms with Crippen LogP contribution in [0.2, 0.25) is 19.6 Å². The Bertz CT molecular complexity index is 452. The van der Waals surface area contributed by atoms with Gasteiger partial charge >= 0.3 is 0 Å². The Kier molecular flexibility index (Phi) is 7.74. The predicted molar refractivity (Wildman–Crippen MR) is 95.1 cm³/mol. The first-order valence-corrected chi connectivity index (χ1v) is 11.4. The van der Waals surface area contributed by atoms with Crippen LogP contribution in [0.1, 0.15) is 31.7 Å². The molecule has 0 spiro atoms. The first-order valence-electron chi connectivity index (χ1n) is 7.94. The number of allylic oxidation sites excluding steroid dienone is 1. The van der Waals surface area contributed by atoms with Gasteiger partial charge in [0.05, 0.1) is 14.7 Å². The molecule has 2 heteroatoms. The minimum absolute atomic E-state index is 0.695.